The third-order valence-electron chi connectivity index (χ3n) is 4.04. The molecule has 3 rings (SSSR count). The first kappa shape index (κ1) is 17.3. The van der Waals surface area contributed by atoms with Gasteiger partial charge in [0.25, 0.3) is 5.91 Å². The molecular weight excluding hydrogens is 333 g/mol. The number of carbonyl (C=O) groups is 1. The second-order valence-corrected chi connectivity index (χ2v) is 6.39. The van der Waals surface area contributed by atoms with Gasteiger partial charge >= 0.3 is 6.18 Å². The Labute approximate surface area is 143 Å². The minimum absolute atomic E-state index is 0.0286. The highest BCUT2D eigenvalue weighted by atomic mass is 19.4. The van der Waals surface area contributed by atoms with Crippen LogP contribution in [-0.4, -0.2) is 27.9 Å². The Morgan fingerprint density at radius 3 is 2.60 bits per heavy atom. The molecule has 0 saturated heterocycles. The smallest absolute Gasteiger partial charge is 0.363 e. The van der Waals surface area contributed by atoms with Crippen molar-refractivity contribution in [1.82, 2.24) is 15.1 Å². The van der Waals surface area contributed by atoms with E-state index >= 15 is 0 Å². The van der Waals surface area contributed by atoms with E-state index in [0.717, 1.165) is 10.2 Å². The molecule has 1 aliphatic rings. The number of nitrogens with zero attached hydrogens (tertiary/aromatic N) is 2. The Bertz CT molecular complexity index is 755. The number of hydrogen-bond acceptors (Lipinski definition) is 3. The van der Waals surface area contributed by atoms with E-state index in [-0.39, 0.29) is 24.0 Å². The quantitative estimate of drug-likeness (QED) is 0.886. The maximum atomic E-state index is 13.5. The third-order valence-corrected chi connectivity index (χ3v) is 4.04. The lowest BCUT2D eigenvalue weighted by atomic mass is 9.97. The number of fused-ring (bicyclic) bond motifs is 1. The minimum atomic E-state index is -4.46. The van der Waals surface area contributed by atoms with Crippen molar-refractivity contribution in [3.8, 4) is 0 Å². The first-order chi connectivity index (χ1) is 11.8. The minimum Gasteiger partial charge on any atom is -0.363 e. The van der Waals surface area contributed by atoms with Crippen LogP contribution in [0.15, 0.2) is 36.4 Å². The average Bonchev–Trinajstić information content (AvgIpc) is 2.97. The van der Waals surface area contributed by atoms with Gasteiger partial charge in [-0.15, -0.1) is 0 Å². The van der Waals surface area contributed by atoms with Crippen LogP contribution in [-0.2, 0) is 0 Å². The summed E-state index contributed by atoms with van der Waals surface area (Å²) in [5, 5.41) is 9.61. The van der Waals surface area contributed by atoms with Crippen molar-refractivity contribution in [1.29, 1.82) is 0 Å². The highest BCUT2D eigenvalue weighted by molar-refractivity contribution is 5.93. The molecule has 0 radical (unpaired) electrons. The number of alkyl halides is 3. The Kier molecular flexibility index (Phi) is 4.45. The summed E-state index contributed by atoms with van der Waals surface area (Å²) < 4.78 is 41.5. The predicted molar refractivity (Wildman–Crippen MR) is 87.3 cm³/mol. The zero-order valence-corrected chi connectivity index (χ0v) is 13.8. The first-order valence-electron chi connectivity index (χ1n) is 8.04. The molecular formula is C17H19F3N4O. The van der Waals surface area contributed by atoms with Crippen LogP contribution in [0.25, 0.3) is 0 Å². The average molecular weight is 352 g/mol. The van der Waals surface area contributed by atoms with Crippen LogP contribution >= 0.6 is 0 Å². The number of hydrogen-bond donors (Lipinski definition) is 2. The molecule has 0 bridgehead atoms. The second kappa shape index (κ2) is 6.42. The zero-order valence-electron chi connectivity index (χ0n) is 13.8. The first-order valence-corrected chi connectivity index (χ1v) is 8.04. The van der Waals surface area contributed by atoms with Crippen LogP contribution in [0.4, 0.5) is 19.0 Å². The van der Waals surface area contributed by atoms with Crippen molar-refractivity contribution >= 4 is 11.7 Å². The number of carbonyl (C=O) groups excluding carboxylic acids is 1. The summed E-state index contributed by atoms with van der Waals surface area (Å²) in [7, 11) is 0. The van der Waals surface area contributed by atoms with Gasteiger partial charge in [0.15, 0.2) is 11.7 Å². The number of halogens is 3. The van der Waals surface area contributed by atoms with E-state index < -0.39 is 24.2 Å². The molecule has 0 aliphatic carbocycles. The molecule has 134 valence electrons. The van der Waals surface area contributed by atoms with Crippen LogP contribution in [0, 0.1) is 0 Å². The third kappa shape index (κ3) is 3.62. The topological polar surface area (TPSA) is 59.0 Å². The van der Waals surface area contributed by atoms with Gasteiger partial charge in [0.2, 0.25) is 0 Å². The highest BCUT2D eigenvalue weighted by Gasteiger charge is 2.46. The van der Waals surface area contributed by atoms with E-state index in [1.807, 2.05) is 6.07 Å². The van der Waals surface area contributed by atoms with E-state index in [1.54, 1.807) is 38.1 Å². The molecule has 2 aromatic rings. The summed E-state index contributed by atoms with van der Waals surface area (Å²) in [6.45, 7) is 3.55. The molecule has 2 heterocycles. The number of aromatic nitrogens is 2. The van der Waals surface area contributed by atoms with Crippen LogP contribution in [0.1, 0.15) is 48.4 Å². The van der Waals surface area contributed by atoms with Gasteiger partial charge in [0.1, 0.15) is 5.82 Å². The monoisotopic (exact) mass is 352 g/mol. The van der Waals surface area contributed by atoms with E-state index in [0.29, 0.717) is 0 Å². The Hall–Kier alpha value is -2.51. The molecule has 2 atom stereocenters. The van der Waals surface area contributed by atoms with Crippen LogP contribution < -0.4 is 10.6 Å². The van der Waals surface area contributed by atoms with E-state index in [1.165, 1.54) is 6.07 Å². The molecule has 0 spiro atoms. The fraction of sp³-hybridized carbons (Fsp3) is 0.412. The Balaban J connectivity index is 1.96. The second-order valence-electron chi connectivity index (χ2n) is 6.39. The summed E-state index contributed by atoms with van der Waals surface area (Å²) in [6, 6.07) is 7.90. The SMILES string of the molecule is CC(C)NC(=O)c1cc2n(n1)[C@H](C(F)(F)F)C[C@@H](c1ccccc1)N2. The normalized spacial score (nSPS) is 20.1. The van der Waals surface area contributed by atoms with Crippen LogP contribution in [0.3, 0.4) is 0 Å². The molecule has 0 fully saturated rings. The van der Waals surface area contributed by atoms with Crippen LogP contribution in [0.2, 0.25) is 0 Å². The zero-order chi connectivity index (χ0) is 18.2. The number of amides is 1. The lowest BCUT2D eigenvalue weighted by Crippen LogP contribution is -2.36. The van der Waals surface area contributed by atoms with Crippen molar-refractivity contribution < 1.29 is 18.0 Å². The van der Waals surface area contributed by atoms with Gasteiger partial charge in [-0.25, -0.2) is 4.68 Å². The Morgan fingerprint density at radius 2 is 2.00 bits per heavy atom. The maximum Gasteiger partial charge on any atom is 0.410 e. The maximum absolute atomic E-state index is 13.5. The van der Waals surface area contributed by atoms with Gasteiger partial charge < -0.3 is 10.6 Å². The van der Waals surface area contributed by atoms with Gasteiger partial charge in [-0.1, -0.05) is 30.3 Å². The summed E-state index contributed by atoms with van der Waals surface area (Å²) in [5.74, 6) is -0.299. The van der Waals surface area contributed by atoms with Gasteiger partial charge in [-0.2, -0.15) is 18.3 Å². The largest absolute Gasteiger partial charge is 0.410 e. The standard InChI is InChI=1S/C17H19F3N4O/c1-10(2)21-16(25)13-9-15-22-12(11-6-4-3-5-7-11)8-14(17(18,19)20)24(15)23-13/h3-7,9-10,12,14,22H,8H2,1-2H3,(H,21,25)/t12-,14-/m0/s1. The fourth-order valence-electron chi connectivity index (χ4n) is 2.92. The molecule has 25 heavy (non-hydrogen) atoms. The number of nitrogens with one attached hydrogen (secondary N) is 2. The molecule has 1 aliphatic heterocycles. The molecule has 2 N–H and O–H groups in total. The number of rotatable bonds is 3. The molecule has 0 unspecified atom stereocenters. The van der Waals surface area contributed by atoms with Gasteiger partial charge in [0.05, 0.1) is 6.04 Å². The van der Waals surface area contributed by atoms with E-state index in [4.69, 9.17) is 0 Å². The van der Waals surface area contributed by atoms with Gasteiger partial charge in [-0.05, 0) is 19.4 Å². The molecule has 1 aromatic carbocycles. The lowest BCUT2D eigenvalue weighted by molar-refractivity contribution is -0.173. The Morgan fingerprint density at radius 1 is 1.32 bits per heavy atom. The van der Waals surface area contributed by atoms with Gasteiger partial charge in [-0.3, -0.25) is 4.79 Å². The molecule has 0 saturated carbocycles. The van der Waals surface area contributed by atoms with Crippen molar-refractivity contribution in [2.75, 3.05) is 5.32 Å². The summed E-state index contributed by atoms with van der Waals surface area (Å²) in [5.41, 5.74) is 0.733. The van der Waals surface area contributed by atoms with Crippen molar-refractivity contribution in [3.05, 3.63) is 47.7 Å². The van der Waals surface area contributed by atoms with E-state index in [2.05, 4.69) is 15.7 Å². The van der Waals surface area contributed by atoms with Gasteiger partial charge in [0, 0.05) is 18.5 Å². The lowest BCUT2D eigenvalue weighted by Gasteiger charge is -2.33. The highest BCUT2D eigenvalue weighted by Crippen LogP contribution is 2.43. The summed E-state index contributed by atoms with van der Waals surface area (Å²) in [6.07, 6.45) is -4.64. The molecule has 8 heteroatoms. The molecule has 1 amide bonds. The number of anilines is 1. The fourth-order valence-corrected chi connectivity index (χ4v) is 2.92. The molecule has 1 aromatic heterocycles. The molecule has 5 nitrogen and oxygen atoms in total. The van der Waals surface area contributed by atoms with E-state index in [9.17, 15) is 18.0 Å². The van der Waals surface area contributed by atoms with Crippen molar-refractivity contribution in [3.63, 3.8) is 0 Å². The summed E-state index contributed by atoms with van der Waals surface area (Å²) >= 11 is 0. The van der Waals surface area contributed by atoms with Crippen molar-refractivity contribution in [2.24, 2.45) is 0 Å². The number of benzene rings is 1. The van der Waals surface area contributed by atoms with Crippen LogP contribution in [0.5, 0.6) is 0 Å². The van der Waals surface area contributed by atoms with Crippen molar-refractivity contribution in [2.45, 2.75) is 44.6 Å². The predicted octanol–water partition coefficient (Wildman–Crippen LogP) is 3.68. The summed E-state index contributed by atoms with van der Waals surface area (Å²) in [4.78, 5) is 12.1.